The van der Waals surface area contributed by atoms with Crippen molar-refractivity contribution in [1.29, 1.82) is 0 Å². The molecule has 28 heavy (non-hydrogen) atoms. The van der Waals surface area contributed by atoms with Crippen LogP contribution in [0, 0.1) is 6.92 Å². The monoisotopic (exact) mass is 385 g/mol. The average molecular weight is 385 g/mol. The van der Waals surface area contributed by atoms with Crippen LogP contribution in [-0.2, 0) is 11.3 Å². The van der Waals surface area contributed by atoms with Gasteiger partial charge in [0.25, 0.3) is 5.91 Å². The molecule has 2 aliphatic heterocycles. The largest absolute Gasteiger partial charge is 0.491 e. The second-order valence-corrected chi connectivity index (χ2v) is 7.47. The Bertz CT molecular complexity index is 775. The summed E-state index contributed by atoms with van der Waals surface area (Å²) in [6, 6.07) is 9.38. The van der Waals surface area contributed by atoms with E-state index in [1.807, 2.05) is 42.2 Å². The van der Waals surface area contributed by atoms with Crippen LogP contribution in [0.2, 0.25) is 0 Å². The summed E-state index contributed by atoms with van der Waals surface area (Å²) in [6.07, 6.45) is 2.35. The zero-order valence-corrected chi connectivity index (χ0v) is 16.3. The van der Waals surface area contributed by atoms with E-state index in [0.29, 0.717) is 25.3 Å². The van der Waals surface area contributed by atoms with Gasteiger partial charge in [-0.3, -0.25) is 9.69 Å². The maximum atomic E-state index is 12.8. The number of rotatable bonds is 6. The van der Waals surface area contributed by atoms with Crippen LogP contribution in [0.1, 0.15) is 34.7 Å². The molecule has 150 valence electrons. The first-order valence-corrected chi connectivity index (χ1v) is 9.96. The van der Waals surface area contributed by atoms with Gasteiger partial charge in [-0.05, 0) is 44.0 Å². The number of carbonyl (C=O) groups is 1. The summed E-state index contributed by atoms with van der Waals surface area (Å²) in [6.45, 7) is 7.13. The SMILES string of the molecule is Cc1cc(CN2CCN(C(=O)c3ccc(OCC4CCCO4)cc3)CC2)on1. The summed E-state index contributed by atoms with van der Waals surface area (Å²) in [4.78, 5) is 17.0. The van der Waals surface area contributed by atoms with Crippen LogP contribution in [0.5, 0.6) is 5.75 Å². The predicted octanol–water partition coefficient (Wildman–Crippen LogP) is 2.50. The molecule has 0 bridgehead atoms. The Labute approximate surface area is 165 Å². The number of hydrogen-bond acceptors (Lipinski definition) is 6. The van der Waals surface area contributed by atoms with Crippen molar-refractivity contribution in [1.82, 2.24) is 15.0 Å². The summed E-state index contributed by atoms with van der Waals surface area (Å²) >= 11 is 0. The van der Waals surface area contributed by atoms with Gasteiger partial charge in [-0.15, -0.1) is 0 Å². The third-order valence-corrected chi connectivity index (χ3v) is 5.28. The maximum absolute atomic E-state index is 12.8. The van der Waals surface area contributed by atoms with Crippen molar-refractivity contribution in [2.45, 2.75) is 32.4 Å². The van der Waals surface area contributed by atoms with Crippen LogP contribution < -0.4 is 4.74 Å². The standard InChI is InChI=1S/C21H27N3O4/c1-16-13-20(28-22-16)14-23-8-10-24(11-9-23)21(25)17-4-6-18(7-5-17)27-15-19-3-2-12-26-19/h4-7,13,19H,2-3,8-12,14-15H2,1H3. The van der Waals surface area contributed by atoms with Gasteiger partial charge in [0.2, 0.25) is 0 Å². The van der Waals surface area contributed by atoms with Gasteiger partial charge in [-0.1, -0.05) is 5.16 Å². The van der Waals surface area contributed by atoms with Crippen LogP contribution >= 0.6 is 0 Å². The minimum Gasteiger partial charge on any atom is -0.491 e. The minimum atomic E-state index is 0.0702. The molecule has 1 unspecified atom stereocenters. The summed E-state index contributed by atoms with van der Waals surface area (Å²) in [7, 11) is 0. The summed E-state index contributed by atoms with van der Waals surface area (Å²) in [5.41, 5.74) is 1.59. The molecule has 2 aliphatic rings. The van der Waals surface area contributed by atoms with Gasteiger partial charge in [0.15, 0.2) is 5.76 Å². The Balaban J connectivity index is 1.25. The van der Waals surface area contributed by atoms with E-state index in [1.165, 1.54) is 0 Å². The van der Waals surface area contributed by atoms with E-state index >= 15 is 0 Å². The number of ether oxygens (including phenoxy) is 2. The van der Waals surface area contributed by atoms with E-state index in [1.54, 1.807) is 0 Å². The molecule has 1 atom stereocenters. The number of aromatic nitrogens is 1. The molecular formula is C21H27N3O4. The molecule has 0 spiro atoms. The molecule has 1 amide bonds. The van der Waals surface area contributed by atoms with E-state index in [0.717, 1.165) is 56.3 Å². The first-order chi connectivity index (χ1) is 13.7. The number of carbonyl (C=O) groups excluding carboxylic acids is 1. The van der Waals surface area contributed by atoms with Crippen molar-refractivity contribution in [2.24, 2.45) is 0 Å². The van der Waals surface area contributed by atoms with Gasteiger partial charge in [0.05, 0.1) is 18.3 Å². The van der Waals surface area contributed by atoms with Gasteiger partial charge >= 0.3 is 0 Å². The Morgan fingerprint density at radius 2 is 2.00 bits per heavy atom. The Morgan fingerprint density at radius 1 is 1.21 bits per heavy atom. The first kappa shape index (κ1) is 19.0. The molecule has 3 heterocycles. The number of piperazine rings is 1. The van der Waals surface area contributed by atoms with Crippen LogP contribution in [0.3, 0.4) is 0 Å². The van der Waals surface area contributed by atoms with Crippen molar-refractivity contribution in [3.05, 3.63) is 47.3 Å². The van der Waals surface area contributed by atoms with Crippen LogP contribution in [0.25, 0.3) is 0 Å². The van der Waals surface area contributed by atoms with Gasteiger partial charge in [0.1, 0.15) is 12.4 Å². The quantitative estimate of drug-likeness (QED) is 0.761. The highest BCUT2D eigenvalue weighted by Gasteiger charge is 2.23. The second-order valence-electron chi connectivity index (χ2n) is 7.47. The first-order valence-electron chi connectivity index (χ1n) is 9.96. The van der Waals surface area contributed by atoms with E-state index in [-0.39, 0.29) is 12.0 Å². The van der Waals surface area contributed by atoms with Crippen LogP contribution in [0.15, 0.2) is 34.9 Å². The smallest absolute Gasteiger partial charge is 0.253 e. The van der Waals surface area contributed by atoms with Crippen molar-refractivity contribution < 1.29 is 18.8 Å². The third kappa shape index (κ3) is 4.72. The highest BCUT2D eigenvalue weighted by Crippen LogP contribution is 2.18. The van der Waals surface area contributed by atoms with Gasteiger partial charge < -0.3 is 18.9 Å². The zero-order chi connectivity index (χ0) is 19.3. The molecule has 4 rings (SSSR count). The number of aryl methyl sites for hydroxylation is 1. The number of benzene rings is 1. The van der Waals surface area contributed by atoms with Crippen molar-refractivity contribution in [3.8, 4) is 5.75 Å². The summed E-state index contributed by atoms with van der Waals surface area (Å²) in [5.74, 6) is 1.72. The number of nitrogens with zero attached hydrogens (tertiary/aromatic N) is 3. The lowest BCUT2D eigenvalue weighted by Crippen LogP contribution is -2.48. The molecule has 0 N–H and O–H groups in total. The van der Waals surface area contributed by atoms with Crippen molar-refractivity contribution in [2.75, 3.05) is 39.4 Å². The van der Waals surface area contributed by atoms with Gasteiger partial charge in [-0.25, -0.2) is 0 Å². The fraction of sp³-hybridized carbons (Fsp3) is 0.524. The molecule has 2 fully saturated rings. The summed E-state index contributed by atoms with van der Waals surface area (Å²) < 4.78 is 16.6. The Morgan fingerprint density at radius 3 is 2.64 bits per heavy atom. The van der Waals surface area contributed by atoms with E-state index in [2.05, 4.69) is 10.1 Å². The zero-order valence-electron chi connectivity index (χ0n) is 16.3. The molecular weight excluding hydrogens is 358 g/mol. The van der Waals surface area contributed by atoms with Gasteiger partial charge in [-0.2, -0.15) is 0 Å². The lowest BCUT2D eigenvalue weighted by Gasteiger charge is -2.34. The number of amides is 1. The highest BCUT2D eigenvalue weighted by atomic mass is 16.5. The molecule has 0 aliphatic carbocycles. The normalized spacial score (nSPS) is 20.5. The molecule has 0 radical (unpaired) electrons. The second kappa shape index (κ2) is 8.75. The lowest BCUT2D eigenvalue weighted by atomic mass is 10.1. The molecule has 1 aromatic carbocycles. The molecule has 2 aromatic rings. The van der Waals surface area contributed by atoms with Crippen LogP contribution in [-0.4, -0.2) is 66.4 Å². The van der Waals surface area contributed by atoms with Crippen molar-refractivity contribution in [3.63, 3.8) is 0 Å². The average Bonchev–Trinajstić information content (AvgIpc) is 3.39. The fourth-order valence-electron chi connectivity index (χ4n) is 3.66. The van der Waals surface area contributed by atoms with E-state index in [9.17, 15) is 4.79 Å². The highest BCUT2D eigenvalue weighted by molar-refractivity contribution is 5.94. The number of hydrogen-bond donors (Lipinski definition) is 0. The van der Waals surface area contributed by atoms with E-state index < -0.39 is 0 Å². The Hall–Kier alpha value is -2.38. The molecule has 1 aromatic heterocycles. The predicted molar refractivity (Wildman–Crippen MR) is 103 cm³/mol. The minimum absolute atomic E-state index is 0.0702. The molecule has 2 saturated heterocycles. The van der Waals surface area contributed by atoms with Crippen LogP contribution in [0.4, 0.5) is 0 Å². The molecule has 7 heteroatoms. The topological polar surface area (TPSA) is 68.0 Å². The molecule has 0 saturated carbocycles. The van der Waals surface area contributed by atoms with Crippen molar-refractivity contribution >= 4 is 5.91 Å². The van der Waals surface area contributed by atoms with Gasteiger partial charge in [0, 0.05) is 44.4 Å². The summed E-state index contributed by atoms with van der Waals surface area (Å²) in [5, 5.41) is 3.92. The Kier molecular flexibility index (Phi) is 5.92. The fourth-order valence-corrected chi connectivity index (χ4v) is 3.66. The third-order valence-electron chi connectivity index (χ3n) is 5.28. The maximum Gasteiger partial charge on any atom is 0.253 e. The lowest BCUT2D eigenvalue weighted by molar-refractivity contribution is 0.0616. The van der Waals surface area contributed by atoms with E-state index in [4.69, 9.17) is 14.0 Å². The molecule has 7 nitrogen and oxygen atoms in total.